The summed E-state index contributed by atoms with van der Waals surface area (Å²) in [7, 11) is 1.78. The van der Waals surface area contributed by atoms with Gasteiger partial charge >= 0.3 is 0 Å². The molecule has 0 unspecified atom stereocenters. The van der Waals surface area contributed by atoms with Crippen LogP contribution < -0.4 is 11.3 Å². The Morgan fingerprint density at radius 3 is 2.72 bits per heavy atom. The van der Waals surface area contributed by atoms with E-state index < -0.39 is 5.91 Å². The van der Waals surface area contributed by atoms with Gasteiger partial charge in [0.25, 0.3) is 5.56 Å². The lowest BCUT2D eigenvalue weighted by Crippen LogP contribution is -2.20. The molecule has 2 aromatic heterocycles. The van der Waals surface area contributed by atoms with Crippen molar-refractivity contribution in [1.29, 1.82) is 0 Å². The van der Waals surface area contributed by atoms with Crippen molar-refractivity contribution in [2.45, 2.75) is 19.3 Å². The van der Waals surface area contributed by atoms with Crippen molar-refractivity contribution in [3.63, 3.8) is 0 Å². The average molecular weight is 249 g/mol. The molecule has 96 valence electrons. The van der Waals surface area contributed by atoms with Gasteiger partial charge in [0.15, 0.2) is 0 Å². The maximum Gasteiger partial charge on any atom is 0.267 e. The van der Waals surface area contributed by atoms with E-state index in [4.69, 9.17) is 5.73 Å². The normalized spacial score (nSPS) is 12.6. The second kappa shape index (κ2) is 4.52. The Bertz CT molecular complexity index is 621. The number of hydrogen-bond donors (Lipinski definition) is 3. The van der Waals surface area contributed by atoms with E-state index >= 15 is 0 Å². The van der Waals surface area contributed by atoms with Crippen molar-refractivity contribution in [2.75, 3.05) is 0 Å². The Kier molecular flexibility index (Phi) is 3.05. The van der Waals surface area contributed by atoms with Gasteiger partial charge in [-0.05, 0) is 12.5 Å². The van der Waals surface area contributed by atoms with Gasteiger partial charge in [-0.25, -0.2) is 0 Å². The lowest BCUT2D eigenvalue weighted by atomic mass is 9.90. The molecule has 4 N–H and O–H groups in total. The SMILES string of the molecule is Cc1[nH][nH]c(=O)c1[C@@H](CC(N)=O)c1cnn(C)c1. The highest BCUT2D eigenvalue weighted by Gasteiger charge is 2.24. The molecule has 0 radical (unpaired) electrons. The van der Waals surface area contributed by atoms with Crippen LogP contribution in [-0.4, -0.2) is 25.9 Å². The van der Waals surface area contributed by atoms with E-state index in [1.165, 1.54) is 0 Å². The first kappa shape index (κ1) is 12.2. The summed E-state index contributed by atoms with van der Waals surface area (Å²) >= 11 is 0. The second-order valence-corrected chi connectivity index (χ2v) is 4.29. The summed E-state index contributed by atoms with van der Waals surface area (Å²) in [6, 6.07) is 0. The predicted molar refractivity (Wildman–Crippen MR) is 65.0 cm³/mol. The fraction of sp³-hybridized carbons (Fsp3) is 0.364. The molecule has 0 fully saturated rings. The van der Waals surface area contributed by atoms with Crippen LogP contribution >= 0.6 is 0 Å². The third-order valence-corrected chi connectivity index (χ3v) is 2.89. The molecule has 0 aliphatic heterocycles. The van der Waals surface area contributed by atoms with Crippen LogP contribution in [0.4, 0.5) is 0 Å². The molecular formula is C11H15N5O2. The molecule has 0 bridgehead atoms. The average Bonchev–Trinajstić information content (AvgIpc) is 2.83. The first-order valence-electron chi connectivity index (χ1n) is 5.53. The molecule has 0 aliphatic carbocycles. The summed E-state index contributed by atoms with van der Waals surface area (Å²) in [6.07, 6.45) is 3.49. The highest BCUT2D eigenvalue weighted by molar-refractivity contribution is 5.75. The van der Waals surface area contributed by atoms with Gasteiger partial charge in [0, 0.05) is 36.8 Å². The Hall–Kier alpha value is -2.31. The van der Waals surface area contributed by atoms with Crippen molar-refractivity contribution < 1.29 is 4.79 Å². The summed E-state index contributed by atoms with van der Waals surface area (Å²) < 4.78 is 1.62. The van der Waals surface area contributed by atoms with Crippen LogP contribution in [0.25, 0.3) is 0 Å². The second-order valence-electron chi connectivity index (χ2n) is 4.29. The number of nitrogens with one attached hydrogen (secondary N) is 2. The Morgan fingerprint density at radius 1 is 1.56 bits per heavy atom. The number of aryl methyl sites for hydroxylation is 2. The molecule has 0 saturated carbocycles. The molecule has 2 rings (SSSR count). The van der Waals surface area contributed by atoms with Crippen molar-refractivity contribution in [3.05, 3.63) is 39.6 Å². The van der Waals surface area contributed by atoms with E-state index in [9.17, 15) is 9.59 Å². The molecule has 1 amide bonds. The van der Waals surface area contributed by atoms with Crippen LogP contribution in [0.5, 0.6) is 0 Å². The minimum atomic E-state index is -0.455. The minimum Gasteiger partial charge on any atom is -0.370 e. The molecule has 7 heteroatoms. The number of nitrogens with zero attached hydrogens (tertiary/aromatic N) is 2. The van der Waals surface area contributed by atoms with Crippen LogP contribution in [0.2, 0.25) is 0 Å². The molecule has 1 atom stereocenters. The predicted octanol–water partition coefficient (Wildman–Crippen LogP) is -0.248. The van der Waals surface area contributed by atoms with Gasteiger partial charge < -0.3 is 10.8 Å². The Labute approximate surface area is 103 Å². The van der Waals surface area contributed by atoms with Crippen LogP contribution in [0, 0.1) is 6.92 Å². The molecule has 2 heterocycles. The largest absolute Gasteiger partial charge is 0.370 e. The number of aromatic nitrogens is 4. The molecule has 18 heavy (non-hydrogen) atoms. The number of carbonyl (C=O) groups is 1. The molecule has 0 saturated heterocycles. The van der Waals surface area contributed by atoms with E-state index in [0.717, 1.165) is 5.56 Å². The number of hydrogen-bond acceptors (Lipinski definition) is 3. The topological polar surface area (TPSA) is 110 Å². The molecule has 7 nitrogen and oxygen atoms in total. The summed E-state index contributed by atoms with van der Waals surface area (Å²) in [4.78, 5) is 23.0. The molecule has 2 aromatic rings. The lowest BCUT2D eigenvalue weighted by molar-refractivity contribution is -0.118. The van der Waals surface area contributed by atoms with E-state index in [1.807, 2.05) is 0 Å². The van der Waals surface area contributed by atoms with Crippen LogP contribution in [-0.2, 0) is 11.8 Å². The van der Waals surface area contributed by atoms with E-state index in [-0.39, 0.29) is 17.9 Å². The standard InChI is InChI=1S/C11H15N5O2/c1-6-10(11(18)15-14-6)8(3-9(12)17)7-4-13-16(2)5-7/h4-5,8H,3H2,1-2H3,(H2,12,17)(H2,14,15,18)/t8-/m0/s1. The van der Waals surface area contributed by atoms with Crippen molar-refractivity contribution in [1.82, 2.24) is 20.0 Å². The highest BCUT2D eigenvalue weighted by Crippen LogP contribution is 2.26. The van der Waals surface area contributed by atoms with Gasteiger partial charge in [0.05, 0.1) is 6.20 Å². The zero-order valence-corrected chi connectivity index (χ0v) is 10.2. The van der Waals surface area contributed by atoms with E-state index in [0.29, 0.717) is 11.3 Å². The molecule has 0 spiro atoms. The summed E-state index contributed by atoms with van der Waals surface area (Å²) in [5, 5.41) is 9.31. The summed E-state index contributed by atoms with van der Waals surface area (Å²) in [5.74, 6) is -0.824. The van der Waals surface area contributed by atoms with Gasteiger partial charge in [-0.3, -0.25) is 19.4 Å². The summed E-state index contributed by atoms with van der Waals surface area (Å²) in [6.45, 7) is 1.78. The number of primary amides is 1. The highest BCUT2D eigenvalue weighted by atomic mass is 16.1. The number of H-pyrrole nitrogens is 2. The van der Waals surface area contributed by atoms with Crippen molar-refractivity contribution >= 4 is 5.91 Å². The fourth-order valence-corrected chi connectivity index (χ4v) is 2.08. The molecular weight excluding hydrogens is 234 g/mol. The number of rotatable bonds is 4. The van der Waals surface area contributed by atoms with Gasteiger partial charge in [0.1, 0.15) is 0 Å². The first-order chi connectivity index (χ1) is 8.49. The van der Waals surface area contributed by atoms with Crippen molar-refractivity contribution in [2.24, 2.45) is 12.8 Å². The third kappa shape index (κ3) is 2.20. The number of nitrogens with two attached hydrogens (primary N) is 1. The smallest absolute Gasteiger partial charge is 0.267 e. The van der Waals surface area contributed by atoms with Crippen molar-refractivity contribution in [3.8, 4) is 0 Å². The minimum absolute atomic E-state index is 0.0769. The Morgan fingerprint density at radius 2 is 2.28 bits per heavy atom. The van der Waals surface area contributed by atoms with Gasteiger partial charge in [-0.1, -0.05) is 0 Å². The zero-order chi connectivity index (χ0) is 13.3. The molecule has 0 aliphatic rings. The zero-order valence-electron chi connectivity index (χ0n) is 10.2. The summed E-state index contributed by atoms with van der Waals surface area (Å²) in [5.41, 5.74) is 7.05. The van der Waals surface area contributed by atoms with E-state index in [2.05, 4.69) is 15.3 Å². The number of aromatic amines is 2. The van der Waals surface area contributed by atoms with Crippen LogP contribution in [0.15, 0.2) is 17.2 Å². The monoisotopic (exact) mass is 249 g/mol. The lowest BCUT2D eigenvalue weighted by Gasteiger charge is -2.11. The third-order valence-electron chi connectivity index (χ3n) is 2.89. The van der Waals surface area contributed by atoms with Gasteiger partial charge in [-0.2, -0.15) is 5.10 Å². The van der Waals surface area contributed by atoms with E-state index in [1.54, 1.807) is 31.0 Å². The quantitative estimate of drug-likeness (QED) is 0.695. The van der Waals surface area contributed by atoms with Crippen LogP contribution in [0.3, 0.4) is 0 Å². The van der Waals surface area contributed by atoms with Gasteiger partial charge in [-0.15, -0.1) is 0 Å². The van der Waals surface area contributed by atoms with Gasteiger partial charge in [0.2, 0.25) is 5.91 Å². The first-order valence-corrected chi connectivity index (χ1v) is 5.53. The Balaban J connectivity index is 2.49. The number of carbonyl (C=O) groups excluding carboxylic acids is 1. The van der Waals surface area contributed by atoms with Crippen LogP contribution in [0.1, 0.15) is 29.2 Å². The maximum atomic E-state index is 11.8. The molecule has 0 aromatic carbocycles. The number of amides is 1. The maximum absolute atomic E-state index is 11.8. The fourth-order valence-electron chi connectivity index (χ4n) is 2.08.